The number of rotatable bonds is 5. The predicted molar refractivity (Wildman–Crippen MR) is 248 cm³/mol. The third kappa shape index (κ3) is 4.88. The number of fused-ring (bicyclic) bond motifs is 10. The maximum absolute atomic E-state index is 4.31. The normalized spacial score (nSPS) is 13.8. The summed E-state index contributed by atoms with van der Waals surface area (Å²) >= 11 is 0. The number of hydrogen-bond donors (Lipinski definition) is 0. The minimum Gasteiger partial charge on any atom is -0.312 e. The van der Waals surface area contributed by atoms with E-state index in [-0.39, 0.29) is 13.4 Å². The second-order valence-corrected chi connectivity index (χ2v) is 15.8. The first-order valence-corrected chi connectivity index (χ1v) is 20.5. The Hall–Kier alpha value is -7.36. The van der Waals surface area contributed by atoms with Gasteiger partial charge >= 0.3 is 0 Å². The van der Waals surface area contributed by atoms with Crippen molar-refractivity contribution in [2.24, 2.45) is 0 Å². The summed E-state index contributed by atoms with van der Waals surface area (Å²) in [5, 5.41) is 0. The average Bonchev–Trinajstić information content (AvgIpc) is 3.31. The lowest BCUT2D eigenvalue weighted by molar-refractivity contribution is 0.757. The fourth-order valence-corrected chi connectivity index (χ4v) is 10.8. The molecule has 3 aliphatic heterocycles. The molecule has 4 heterocycles. The summed E-state index contributed by atoms with van der Waals surface area (Å²) in [6.07, 6.45) is 3.72. The van der Waals surface area contributed by atoms with E-state index in [2.05, 4.69) is 227 Å². The lowest BCUT2D eigenvalue weighted by Gasteiger charge is -2.51. The van der Waals surface area contributed by atoms with Crippen LogP contribution in [0.2, 0.25) is 0 Å². The second kappa shape index (κ2) is 13.4. The van der Waals surface area contributed by atoms with Gasteiger partial charge in [-0.15, -0.1) is 0 Å². The van der Waals surface area contributed by atoms with Gasteiger partial charge in [-0.2, -0.15) is 0 Å². The van der Waals surface area contributed by atoms with Crippen molar-refractivity contribution in [1.82, 2.24) is 4.98 Å². The Bertz CT molecular complexity index is 2940. The monoisotopic (exact) mass is 749 g/mol. The van der Waals surface area contributed by atoms with Crippen LogP contribution < -0.4 is 42.6 Å². The van der Waals surface area contributed by atoms with Crippen molar-refractivity contribution in [3.63, 3.8) is 0 Å². The molecule has 0 bridgehead atoms. The molecule has 0 unspecified atom stereocenters. The summed E-state index contributed by atoms with van der Waals surface area (Å²) in [5.74, 6) is 0. The first-order valence-electron chi connectivity index (χ1n) is 20.5. The number of benzene rings is 8. The zero-order valence-corrected chi connectivity index (χ0v) is 32.4. The van der Waals surface area contributed by atoms with E-state index < -0.39 is 5.41 Å². The van der Waals surface area contributed by atoms with E-state index in [0.29, 0.717) is 0 Å². The van der Waals surface area contributed by atoms with Gasteiger partial charge in [0.1, 0.15) is 0 Å². The van der Waals surface area contributed by atoms with E-state index in [1.807, 2.05) is 12.4 Å². The molecule has 0 saturated heterocycles. The first kappa shape index (κ1) is 33.7. The molecule has 0 atom stereocenters. The Balaban J connectivity index is 1.09. The third-order valence-corrected chi connectivity index (χ3v) is 13.0. The molecule has 1 spiro atoms. The minimum atomic E-state index is -0.540. The number of para-hydroxylation sites is 3. The van der Waals surface area contributed by atoms with Gasteiger partial charge in [0.15, 0.2) is 0 Å². The Labute approximate surface area is 346 Å². The van der Waals surface area contributed by atoms with Crippen LogP contribution in [0.5, 0.6) is 0 Å². The minimum absolute atomic E-state index is 0.0409. The zero-order chi connectivity index (χ0) is 38.9. The van der Waals surface area contributed by atoms with Crippen LogP contribution in [0.1, 0.15) is 22.3 Å². The summed E-state index contributed by atoms with van der Waals surface area (Å²) in [7, 11) is 0. The molecule has 3 nitrogen and oxygen atoms in total. The highest BCUT2D eigenvalue weighted by molar-refractivity contribution is 6.99. The van der Waals surface area contributed by atoms with Gasteiger partial charge in [-0.3, -0.25) is 4.98 Å². The van der Waals surface area contributed by atoms with Gasteiger partial charge in [-0.1, -0.05) is 174 Å². The SMILES string of the molecule is c1ccc(N(c2ccncc2)c2ccc(B3c4ccccc4C4(c5ccccc53)c3ccccc3B3c5ccccc5N(c5ccccc5)c5cccc4c53)cc2)cc1. The van der Waals surface area contributed by atoms with Crippen LogP contribution in [-0.4, -0.2) is 18.4 Å². The molecule has 59 heavy (non-hydrogen) atoms. The fourth-order valence-electron chi connectivity index (χ4n) is 10.8. The number of aromatic nitrogens is 1. The number of hydrogen-bond acceptors (Lipinski definition) is 3. The van der Waals surface area contributed by atoms with Gasteiger partial charge in [-0.25, -0.2) is 0 Å². The molecule has 0 amide bonds. The van der Waals surface area contributed by atoms with Gasteiger partial charge in [0.25, 0.3) is 0 Å². The summed E-state index contributed by atoms with van der Waals surface area (Å²) < 4.78 is 0. The molecule has 0 aliphatic carbocycles. The fraction of sp³-hybridized carbons (Fsp3) is 0.0185. The Kier molecular flexibility index (Phi) is 7.64. The molecule has 0 N–H and O–H groups in total. The van der Waals surface area contributed by atoms with Gasteiger partial charge < -0.3 is 9.80 Å². The first-order chi connectivity index (χ1) is 29.3. The Morgan fingerprint density at radius 3 is 1.49 bits per heavy atom. The molecule has 0 radical (unpaired) electrons. The molecule has 0 fully saturated rings. The molecule has 1 aromatic heterocycles. The standard InChI is InChI=1S/C54H37B2N3/c1-3-16-39(17-4-1)58(42-34-36-57-37-35-42)41-32-30-38(31-33-41)55-47-24-10-7-20-43(47)54(44-21-8-11-25-48(44)55)45-22-9-12-26-49(45)56-50-27-13-14-28-51(50)59(40-18-5-2-6-19-40)52-29-15-23-46(54)53(52)56/h1-37H. The average molecular weight is 750 g/mol. The van der Waals surface area contributed by atoms with Crippen molar-refractivity contribution in [2.75, 3.05) is 9.80 Å². The Morgan fingerprint density at radius 2 is 0.847 bits per heavy atom. The van der Waals surface area contributed by atoms with E-state index in [9.17, 15) is 0 Å². The smallest absolute Gasteiger partial charge is 0.247 e. The molecule has 8 aromatic carbocycles. The second-order valence-electron chi connectivity index (χ2n) is 15.8. The van der Waals surface area contributed by atoms with Crippen molar-refractivity contribution < 1.29 is 0 Å². The van der Waals surface area contributed by atoms with Crippen molar-refractivity contribution in [3.05, 3.63) is 247 Å². The highest BCUT2D eigenvalue weighted by Crippen LogP contribution is 2.49. The lowest BCUT2D eigenvalue weighted by atomic mass is 9.25. The molecular weight excluding hydrogens is 712 g/mol. The predicted octanol–water partition coefficient (Wildman–Crippen LogP) is 8.38. The van der Waals surface area contributed by atoms with E-state index in [0.717, 1.165) is 17.1 Å². The van der Waals surface area contributed by atoms with Gasteiger partial charge in [0.05, 0.1) is 5.41 Å². The van der Waals surface area contributed by atoms with Crippen LogP contribution in [0.4, 0.5) is 34.1 Å². The highest BCUT2D eigenvalue weighted by atomic mass is 15.2. The van der Waals surface area contributed by atoms with Crippen molar-refractivity contribution >= 4 is 80.3 Å². The number of anilines is 6. The van der Waals surface area contributed by atoms with E-state index in [1.54, 1.807) is 0 Å². The summed E-state index contributed by atoms with van der Waals surface area (Å²) in [5.41, 5.74) is 19.9. The lowest BCUT2D eigenvalue weighted by Crippen LogP contribution is -2.69. The van der Waals surface area contributed by atoms with Crippen LogP contribution >= 0.6 is 0 Å². The van der Waals surface area contributed by atoms with Crippen LogP contribution in [-0.2, 0) is 5.41 Å². The maximum atomic E-state index is 4.31. The summed E-state index contributed by atoms with van der Waals surface area (Å²) in [4.78, 5) is 9.10. The molecule has 12 rings (SSSR count). The molecule has 5 heteroatoms. The van der Waals surface area contributed by atoms with Crippen molar-refractivity contribution in [1.29, 1.82) is 0 Å². The highest BCUT2D eigenvalue weighted by Gasteiger charge is 2.55. The van der Waals surface area contributed by atoms with Crippen LogP contribution in [0.3, 0.4) is 0 Å². The van der Waals surface area contributed by atoms with E-state index in [1.165, 1.54) is 72.1 Å². The van der Waals surface area contributed by atoms with Crippen LogP contribution in [0.15, 0.2) is 225 Å². The van der Waals surface area contributed by atoms with Crippen molar-refractivity contribution in [3.8, 4) is 0 Å². The largest absolute Gasteiger partial charge is 0.312 e. The van der Waals surface area contributed by atoms with Gasteiger partial charge in [-0.05, 0) is 93.8 Å². The van der Waals surface area contributed by atoms with E-state index in [4.69, 9.17) is 0 Å². The third-order valence-electron chi connectivity index (χ3n) is 13.0. The molecular formula is C54H37B2N3. The topological polar surface area (TPSA) is 19.4 Å². The molecule has 9 aromatic rings. The zero-order valence-electron chi connectivity index (χ0n) is 32.4. The van der Waals surface area contributed by atoms with E-state index >= 15 is 0 Å². The van der Waals surface area contributed by atoms with Gasteiger partial charge in [0, 0.05) is 46.5 Å². The van der Waals surface area contributed by atoms with Gasteiger partial charge in [0.2, 0.25) is 13.4 Å². The summed E-state index contributed by atoms with van der Waals surface area (Å²) in [6.45, 7) is 0.135. The number of nitrogens with zero attached hydrogens (tertiary/aromatic N) is 3. The Morgan fingerprint density at radius 1 is 0.373 bits per heavy atom. The molecule has 0 saturated carbocycles. The molecule has 274 valence electrons. The summed E-state index contributed by atoms with van der Waals surface area (Å²) in [6, 6.07) is 78.8. The van der Waals surface area contributed by atoms with Crippen LogP contribution in [0.25, 0.3) is 0 Å². The molecule has 3 aliphatic rings. The van der Waals surface area contributed by atoms with Crippen molar-refractivity contribution in [2.45, 2.75) is 5.41 Å². The maximum Gasteiger partial charge on any atom is 0.247 e. The van der Waals surface area contributed by atoms with Crippen LogP contribution in [0, 0.1) is 0 Å². The quantitative estimate of drug-likeness (QED) is 0.165. The number of pyridine rings is 1.